The Morgan fingerprint density at radius 2 is 2.04 bits per heavy atom. The normalized spacial score (nSPS) is 26.1. The Hall–Kier alpha value is -1.95. The van der Waals surface area contributed by atoms with Gasteiger partial charge in [-0.15, -0.1) is 0 Å². The van der Waals surface area contributed by atoms with Crippen molar-refractivity contribution in [2.24, 2.45) is 5.92 Å². The summed E-state index contributed by atoms with van der Waals surface area (Å²) < 4.78 is 52.3. The molecule has 0 spiro atoms. The van der Waals surface area contributed by atoms with Gasteiger partial charge in [0.05, 0.1) is 12.0 Å². The third-order valence-electron chi connectivity index (χ3n) is 4.61. The van der Waals surface area contributed by atoms with Crippen molar-refractivity contribution in [1.29, 1.82) is 0 Å². The zero-order valence-corrected chi connectivity index (χ0v) is 15.2. The van der Waals surface area contributed by atoms with Gasteiger partial charge in [0.15, 0.2) is 10.8 Å². The van der Waals surface area contributed by atoms with Crippen molar-refractivity contribution in [3.63, 3.8) is 0 Å². The summed E-state index contributed by atoms with van der Waals surface area (Å²) in [7, 11) is 1.83. The van der Waals surface area contributed by atoms with Gasteiger partial charge < -0.3 is 20.9 Å². The van der Waals surface area contributed by atoms with Gasteiger partial charge >= 0.3 is 6.18 Å². The lowest BCUT2D eigenvalue weighted by Crippen LogP contribution is -2.58. The molecule has 1 unspecified atom stereocenters. The fraction of sp³-hybridized carbons (Fsp3) is 0.667. The largest absolute Gasteiger partial charge is 0.428 e. The molecule has 1 aromatic heterocycles. The van der Waals surface area contributed by atoms with Crippen LogP contribution < -0.4 is 11.1 Å². The molecule has 1 aliphatic carbocycles. The molecule has 1 aliphatic heterocycles. The van der Waals surface area contributed by atoms with Crippen molar-refractivity contribution in [2.45, 2.75) is 24.8 Å². The lowest BCUT2D eigenvalue weighted by Gasteiger charge is -2.40. The van der Waals surface area contributed by atoms with Crippen LogP contribution >= 0.6 is 11.3 Å². The molecule has 27 heavy (non-hydrogen) atoms. The number of rotatable bonds is 4. The van der Waals surface area contributed by atoms with Gasteiger partial charge in [0.2, 0.25) is 5.91 Å². The molecule has 3 atom stereocenters. The number of carbonyl (C=O) groups is 2. The minimum atomic E-state index is -4.74. The predicted octanol–water partition coefficient (Wildman–Crippen LogP) is 0.974. The average Bonchev–Trinajstić information content (AvgIpc) is 3.16. The lowest BCUT2D eigenvalue weighted by atomic mass is 10.1. The molecule has 1 aromatic rings. The number of nitrogens with two attached hydrogens (primary N) is 1. The van der Waals surface area contributed by atoms with Gasteiger partial charge in [-0.05, 0) is 13.5 Å². The number of carbonyl (C=O) groups excluding carboxylic acids is 2. The molecule has 2 amide bonds. The van der Waals surface area contributed by atoms with Gasteiger partial charge in [0.1, 0.15) is 11.0 Å². The number of hydrogen-bond acceptors (Lipinski definition) is 6. The second-order valence-corrected chi connectivity index (χ2v) is 7.77. The fourth-order valence-corrected chi connectivity index (χ4v) is 3.78. The van der Waals surface area contributed by atoms with Crippen molar-refractivity contribution in [2.75, 3.05) is 39.0 Å². The number of piperazine rings is 1. The monoisotopic (exact) mass is 409 g/mol. The van der Waals surface area contributed by atoms with Crippen LogP contribution in [0.3, 0.4) is 0 Å². The van der Waals surface area contributed by atoms with E-state index < -0.39 is 40.8 Å². The van der Waals surface area contributed by atoms with E-state index >= 15 is 0 Å². The second kappa shape index (κ2) is 7.23. The highest BCUT2D eigenvalue weighted by molar-refractivity contribution is 7.15. The first kappa shape index (κ1) is 19.8. The Bertz CT molecular complexity index is 740. The molecule has 0 aromatic carbocycles. The maximum absolute atomic E-state index is 13.2. The summed E-state index contributed by atoms with van der Waals surface area (Å²) in [6.07, 6.45) is -5.69. The van der Waals surface area contributed by atoms with E-state index in [-0.39, 0.29) is 35.3 Å². The molecule has 150 valence electrons. The number of nitrogen functional groups attached to an aromatic ring is 1. The van der Waals surface area contributed by atoms with Crippen LogP contribution in [0.1, 0.15) is 21.8 Å². The molecular formula is C15H19F4N5O2S. The molecule has 1 saturated carbocycles. The Labute approximate surface area is 156 Å². The molecular weight excluding hydrogens is 390 g/mol. The zero-order valence-electron chi connectivity index (χ0n) is 14.4. The summed E-state index contributed by atoms with van der Waals surface area (Å²) in [4.78, 5) is 30.4. The third-order valence-corrected chi connectivity index (χ3v) is 5.54. The van der Waals surface area contributed by atoms with E-state index in [4.69, 9.17) is 5.73 Å². The number of nitrogens with zero attached hydrogens (tertiary/aromatic N) is 3. The minimum absolute atomic E-state index is 0.0622. The predicted molar refractivity (Wildman–Crippen MR) is 89.9 cm³/mol. The highest BCUT2D eigenvalue weighted by Crippen LogP contribution is 2.38. The molecule has 2 fully saturated rings. The Morgan fingerprint density at radius 3 is 2.63 bits per heavy atom. The van der Waals surface area contributed by atoms with E-state index in [1.54, 1.807) is 0 Å². The molecule has 0 bridgehead atoms. The van der Waals surface area contributed by atoms with Crippen LogP contribution in [0, 0.1) is 5.92 Å². The zero-order chi connectivity index (χ0) is 19.9. The summed E-state index contributed by atoms with van der Waals surface area (Å²) >= 11 is 0.196. The van der Waals surface area contributed by atoms with Crippen LogP contribution in [-0.4, -0.2) is 72.0 Å². The first-order chi connectivity index (χ1) is 12.6. The minimum Gasteiger partial charge on any atom is -0.375 e. The Morgan fingerprint density at radius 1 is 1.37 bits per heavy atom. The van der Waals surface area contributed by atoms with Gasteiger partial charge in [-0.3, -0.25) is 9.59 Å². The number of aromatic nitrogens is 1. The number of anilines is 1. The lowest BCUT2D eigenvalue weighted by molar-refractivity contribution is -0.137. The van der Waals surface area contributed by atoms with E-state index in [9.17, 15) is 27.2 Å². The molecule has 7 nitrogen and oxygen atoms in total. The molecule has 3 rings (SSSR count). The number of alkyl halides is 4. The number of amides is 2. The highest BCUT2D eigenvalue weighted by Gasteiger charge is 2.47. The SMILES string of the molecule is CN1CCN(C(=O)[C@@H]2C[C@H]2F)C(CNC(=O)c2nc(N)sc2C(F)(F)F)C1. The Kier molecular flexibility index (Phi) is 5.30. The van der Waals surface area contributed by atoms with Gasteiger partial charge in [-0.25, -0.2) is 9.37 Å². The number of likely N-dealkylation sites (N-methyl/N-ethyl adjacent to an activating group) is 1. The number of nitrogens with one attached hydrogen (secondary N) is 1. The number of thiazole rings is 1. The summed E-state index contributed by atoms with van der Waals surface area (Å²) in [5.74, 6) is -1.98. The van der Waals surface area contributed by atoms with Crippen molar-refractivity contribution in [1.82, 2.24) is 20.1 Å². The second-order valence-electron chi connectivity index (χ2n) is 6.74. The van der Waals surface area contributed by atoms with Crippen molar-refractivity contribution < 1.29 is 27.2 Å². The molecule has 12 heteroatoms. The topological polar surface area (TPSA) is 91.6 Å². The maximum atomic E-state index is 13.2. The van der Waals surface area contributed by atoms with Gasteiger partial charge in [-0.2, -0.15) is 13.2 Å². The van der Waals surface area contributed by atoms with Crippen molar-refractivity contribution in [3.8, 4) is 0 Å². The van der Waals surface area contributed by atoms with Crippen LogP contribution in [0.5, 0.6) is 0 Å². The number of halogens is 4. The average molecular weight is 409 g/mol. The first-order valence-corrected chi connectivity index (χ1v) is 9.14. The number of hydrogen-bond donors (Lipinski definition) is 2. The first-order valence-electron chi connectivity index (χ1n) is 8.32. The van der Waals surface area contributed by atoms with Gasteiger partial charge in [0.25, 0.3) is 5.91 Å². The molecule has 2 aliphatic rings. The standard InChI is InChI=1S/C15H19F4N5O2S/c1-23-2-3-24(13(26)8-4-9(8)16)7(6-23)5-21-12(25)10-11(15(17,18)19)27-14(20)22-10/h7-9H,2-6H2,1H3,(H2,20,22)(H,21,25)/t7?,8-,9-/m1/s1. The van der Waals surface area contributed by atoms with Crippen molar-refractivity contribution >= 4 is 28.3 Å². The fourth-order valence-electron chi connectivity index (χ4n) is 3.08. The van der Waals surface area contributed by atoms with E-state index in [1.807, 2.05) is 11.9 Å². The van der Waals surface area contributed by atoms with E-state index in [2.05, 4.69) is 10.3 Å². The van der Waals surface area contributed by atoms with Crippen LogP contribution in [0.2, 0.25) is 0 Å². The van der Waals surface area contributed by atoms with Crippen LogP contribution in [0.4, 0.5) is 22.7 Å². The van der Waals surface area contributed by atoms with E-state index in [1.165, 1.54) is 4.90 Å². The molecule has 3 N–H and O–H groups in total. The van der Waals surface area contributed by atoms with Crippen molar-refractivity contribution in [3.05, 3.63) is 10.6 Å². The van der Waals surface area contributed by atoms with E-state index in [0.717, 1.165) is 0 Å². The van der Waals surface area contributed by atoms with Crippen LogP contribution in [0.25, 0.3) is 0 Å². The summed E-state index contributed by atoms with van der Waals surface area (Å²) in [5.41, 5.74) is 4.54. The molecule has 2 heterocycles. The smallest absolute Gasteiger partial charge is 0.375 e. The van der Waals surface area contributed by atoms with Crippen LogP contribution in [0.15, 0.2) is 0 Å². The summed E-state index contributed by atoms with van der Waals surface area (Å²) in [6.45, 7) is 1.32. The van der Waals surface area contributed by atoms with Gasteiger partial charge in [0, 0.05) is 26.2 Å². The maximum Gasteiger partial charge on any atom is 0.428 e. The molecule has 0 radical (unpaired) electrons. The Balaban J connectivity index is 1.68. The summed E-state index contributed by atoms with van der Waals surface area (Å²) in [5, 5.41) is 2.05. The van der Waals surface area contributed by atoms with Crippen LogP contribution in [-0.2, 0) is 11.0 Å². The molecule has 1 saturated heterocycles. The quantitative estimate of drug-likeness (QED) is 0.724. The third kappa shape index (κ3) is 4.32. The van der Waals surface area contributed by atoms with Gasteiger partial charge in [-0.1, -0.05) is 11.3 Å². The van der Waals surface area contributed by atoms with E-state index in [0.29, 0.717) is 19.6 Å². The summed E-state index contributed by atoms with van der Waals surface area (Å²) in [6, 6.07) is -0.460. The highest BCUT2D eigenvalue weighted by atomic mass is 32.1.